The largest absolute Gasteiger partial charge is 0.338 e. The number of hydrogen-bond acceptors (Lipinski definition) is 4. The lowest BCUT2D eigenvalue weighted by Gasteiger charge is -2.11. The van der Waals surface area contributed by atoms with Crippen LogP contribution in [-0.4, -0.2) is 23.5 Å². The summed E-state index contributed by atoms with van der Waals surface area (Å²) in [6.45, 7) is 0.0925. The third-order valence-electron chi connectivity index (χ3n) is 2.70. The zero-order valence-corrected chi connectivity index (χ0v) is 12.7. The number of aromatic nitrogens is 1. The number of carbonyl (C=O) groups is 1. The second-order valence-corrected chi connectivity index (χ2v) is 4.73. The van der Waals surface area contributed by atoms with Crippen LogP contribution in [0.1, 0.15) is 10.4 Å². The van der Waals surface area contributed by atoms with Gasteiger partial charge in [-0.05, 0) is 36.4 Å². The fourth-order valence-corrected chi connectivity index (χ4v) is 1.77. The highest BCUT2D eigenvalue weighted by Crippen LogP contribution is 2.09. The lowest BCUT2D eigenvalue weighted by molar-refractivity contribution is 0.0953. The number of amides is 1. The van der Waals surface area contributed by atoms with E-state index in [0.717, 1.165) is 0 Å². The predicted octanol–water partition coefficient (Wildman–Crippen LogP) is 1.96. The first-order chi connectivity index (χ1) is 11.2. The quantitative estimate of drug-likeness (QED) is 0.344. The van der Waals surface area contributed by atoms with Crippen molar-refractivity contribution in [1.29, 1.82) is 5.26 Å². The minimum absolute atomic E-state index is 0.0925. The summed E-state index contributed by atoms with van der Waals surface area (Å²) in [6.07, 6.45) is 4.89. The first-order valence-electron chi connectivity index (χ1n) is 6.60. The van der Waals surface area contributed by atoms with Crippen LogP contribution in [0.25, 0.3) is 0 Å². The monoisotopic (exact) mass is 328 g/mol. The Labute approximate surface area is 138 Å². The molecule has 23 heavy (non-hydrogen) atoms. The highest BCUT2D eigenvalue weighted by molar-refractivity contribution is 6.30. The molecule has 1 heterocycles. The summed E-state index contributed by atoms with van der Waals surface area (Å²) in [4.78, 5) is 19.5. The maximum Gasteiger partial charge on any atom is 0.252 e. The van der Waals surface area contributed by atoms with E-state index < -0.39 is 0 Å². The standard InChI is InChI=1S/C15H13ClN6O/c16-12-5-3-11(4-6-12)14(23)20-10-21-15(19-9-17)22-13-2-1-7-18-8-13/h1-8H,10H2,(H,20,23)(H2,19,21,22). The number of pyridine rings is 1. The zero-order valence-electron chi connectivity index (χ0n) is 12.0. The Hall–Kier alpha value is -3.11. The zero-order chi connectivity index (χ0) is 16.5. The van der Waals surface area contributed by atoms with Crippen molar-refractivity contribution in [2.24, 2.45) is 4.99 Å². The van der Waals surface area contributed by atoms with E-state index in [9.17, 15) is 4.79 Å². The molecular weight excluding hydrogens is 316 g/mol. The first kappa shape index (κ1) is 16.3. The number of rotatable bonds is 4. The first-order valence-corrected chi connectivity index (χ1v) is 6.98. The second kappa shape index (κ2) is 8.36. The molecule has 1 aromatic carbocycles. The van der Waals surface area contributed by atoms with E-state index in [1.54, 1.807) is 55.0 Å². The summed E-state index contributed by atoms with van der Waals surface area (Å²) in [5, 5.41) is 17.6. The fourth-order valence-electron chi connectivity index (χ4n) is 1.65. The minimum atomic E-state index is -0.271. The normalized spacial score (nSPS) is 10.5. The van der Waals surface area contributed by atoms with Crippen LogP contribution in [0.2, 0.25) is 5.02 Å². The van der Waals surface area contributed by atoms with Crippen LogP contribution < -0.4 is 16.0 Å². The van der Waals surface area contributed by atoms with Gasteiger partial charge >= 0.3 is 0 Å². The summed E-state index contributed by atoms with van der Waals surface area (Å²) in [5.41, 5.74) is 1.15. The van der Waals surface area contributed by atoms with Gasteiger partial charge in [0.05, 0.1) is 18.6 Å². The lowest BCUT2D eigenvalue weighted by Crippen LogP contribution is -2.40. The molecule has 8 heteroatoms. The van der Waals surface area contributed by atoms with Crippen molar-refractivity contribution < 1.29 is 4.79 Å². The number of guanidine groups is 1. The molecule has 0 spiro atoms. The van der Waals surface area contributed by atoms with Gasteiger partial charge in [0.1, 0.15) is 0 Å². The van der Waals surface area contributed by atoms with E-state index in [4.69, 9.17) is 16.9 Å². The number of nitriles is 1. The van der Waals surface area contributed by atoms with E-state index in [0.29, 0.717) is 16.3 Å². The van der Waals surface area contributed by atoms with E-state index >= 15 is 0 Å². The van der Waals surface area contributed by atoms with Crippen LogP contribution in [0.3, 0.4) is 0 Å². The molecule has 1 aromatic heterocycles. The van der Waals surface area contributed by atoms with Crippen LogP contribution in [0.5, 0.6) is 0 Å². The molecule has 116 valence electrons. The summed E-state index contributed by atoms with van der Waals surface area (Å²) >= 11 is 5.77. The van der Waals surface area contributed by atoms with Crippen molar-refractivity contribution in [2.45, 2.75) is 0 Å². The Morgan fingerprint density at radius 1 is 1.26 bits per heavy atom. The summed E-state index contributed by atoms with van der Waals surface area (Å²) < 4.78 is 0. The molecule has 0 saturated heterocycles. The molecule has 0 bridgehead atoms. The van der Waals surface area contributed by atoms with Gasteiger partial charge in [-0.3, -0.25) is 9.78 Å². The third-order valence-corrected chi connectivity index (χ3v) is 2.95. The number of benzene rings is 1. The van der Waals surface area contributed by atoms with E-state index in [2.05, 4.69) is 25.9 Å². The van der Waals surface area contributed by atoms with Gasteiger partial charge in [0.25, 0.3) is 5.91 Å². The molecule has 2 aromatic rings. The molecule has 0 aliphatic carbocycles. The van der Waals surface area contributed by atoms with Crippen molar-refractivity contribution in [3.05, 3.63) is 59.4 Å². The average molecular weight is 329 g/mol. The van der Waals surface area contributed by atoms with Crippen LogP contribution in [0.15, 0.2) is 53.8 Å². The lowest BCUT2D eigenvalue weighted by atomic mass is 10.2. The Bertz CT molecular complexity index is 724. The number of nitrogens with one attached hydrogen (secondary N) is 3. The molecule has 0 radical (unpaired) electrons. The number of nitrogens with zero attached hydrogens (tertiary/aromatic N) is 3. The summed E-state index contributed by atoms with van der Waals surface area (Å²) in [5.74, 6) is -0.0660. The SMILES string of the molecule is N#CN=C(NCNC(=O)c1ccc(Cl)cc1)Nc1cccnc1. The number of aliphatic imine (C=N–C) groups is 1. The van der Waals surface area contributed by atoms with Gasteiger partial charge in [0.15, 0.2) is 0 Å². The molecule has 0 aliphatic rings. The Balaban J connectivity index is 1.87. The maximum atomic E-state index is 11.9. The highest BCUT2D eigenvalue weighted by Gasteiger charge is 2.05. The topological polar surface area (TPSA) is 102 Å². The van der Waals surface area contributed by atoms with Crippen molar-refractivity contribution >= 4 is 29.2 Å². The van der Waals surface area contributed by atoms with Gasteiger partial charge in [-0.25, -0.2) is 0 Å². The average Bonchev–Trinajstić information content (AvgIpc) is 2.56. The van der Waals surface area contributed by atoms with Gasteiger partial charge in [-0.2, -0.15) is 5.26 Å². The number of halogens is 1. The van der Waals surface area contributed by atoms with Crippen LogP contribution in [0, 0.1) is 11.5 Å². The highest BCUT2D eigenvalue weighted by atomic mass is 35.5. The van der Waals surface area contributed by atoms with Gasteiger partial charge < -0.3 is 16.0 Å². The van der Waals surface area contributed by atoms with E-state index in [1.165, 1.54) is 0 Å². The molecular formula is C15H13ClN6O. The van der Waals surface area contributed by atoms with Gasteiger partial charge in [-0.1, -0.05) is 11.6 Å². The van der Waals surface area contributed by atoms with Crippen LogP contribution >= 0.6 is 11.6 Å². The predicted molar refractivity (Wildman–Crippen MR) is 87.8 cm³/mol. The van der Waals surface area contributed by atoms with Gasteiger partial charge in [0, 0.05) is 16.8 Å². The molecule has 1 amide bonds. The molecule has 3 N–H and O–H groups in total. The smallest absolute Gasteiger partial charge is 0.252 e. The molecule has 0 aliphatic heterocycles. The van der Waals surface area contributed by atoms with Crippen LogP contribution in [0.4, 0.5) is 5.69 Å². The summed E-state index contributed by atoms with van der Waals surface area (Å²) in [6, 6.07) is 10.0. The fraction of sp³-hybridized carbons (Fsp3) is 0.0667. The minimum Gasteiger partial charge on any atom is -0.338 e. The molecule has 0 unspecified atom stereocenters. The summed E-state index contributed by atoms with van der Waals surface area (Å²) in [7, 11) is 0. The van der Waals surface area contributed by atoms with Crippen molar-refractivity contribution in [3.8, 4) is 6.19 Å². The second-order valence-electron chi connectivity index (χ2n) is 4.29. The molecule has 0 fully saturated rings. The van der Waals surface area contributed by atoms with Crippen molar-refractivity contribution in [1.82, 2.24) is 15.6 Å². The molecule has 0 saturated carbocycles. The number of hydrogen-bond donors (Lipinski definition) is 3. The molecule has 2 rings (SSSR count). The van der Waals surface area contributed by atoms with E-state index in [1.807, 2.05) is 0 Å². The van der Waals surface area contributed by atoms with Gasteiger partial charge in [0.2, 0.25) is 12.2 Å². The Kier molecular flexibility index (Phi) is 5.91. The van der Waals surface area contributed by atoms with Crippen LogP contribution in [-0.2, 0) is 0 Å². The van der Waals surface area contributed by atoms with Crippen molar-refractivity contribution in [2.75, 3.05) is 12.0 Å². The molecule has 7 nitrogen and oxygen atoms in total. The maximum absolute atomic E-state index is 11.9. The van der Waals surface area contributed by atoms with E-state index in [-0.39, 0.29) is 18.5 Å². The number of carbonyl (C=O) groups excluding carboxylic acids is 1. The van der Waals surface area contributed by atoms with Gasteiger partial charge in [-0.15, -0.1) is 4.99 Å². The molecule has 0 atom stereocenters. The Morgan fingerprint density at radius 3 is 2.70 bits per heavy atom. The van der Waals surface area contributed by atoms with Crippen molar-refractivity contribution in [3.63, 3.8) is 0 Å². The third kappa shape index (κ3) is 5.30. The number of anilines is 1. The Morgan fingerprint density at radius 2 is 2.04 bits per heavy atom.